The van der Waals surface area contributed by atoms with Crippen LogP contribution < -0.4 is 20.7 Å². The molecule has 0 amide bonds. The van der Waals surface area contributed by atoms with Crippen LogP contribution in [-0.4, -0.2) is 51.1 Å². The van der Waals surface area contributed by atoms with Gasteiger partial charge in [-0.05, 0) is 43.7 Å². The van der Waals surface area contributed by atoms with Gasteiger partial charge < -0.3 is 25.7 Å². The van der Waals surface area contributed by atoms with Gasteiger partial charge in [0.1, 0.15) is 23.1 Å². The number of benzene rings is 1. The van der Waals surface area contributed by atoms with Crippen molar-refractivity contribution >= 4 is 33.4 Å². The van der Waals surface area contributed by atoms with E-state index >= 15 is 0 Å². The molecule has 0 bridgehead atoms. The Balaban J connectivity index is 1.52. The molecule has 2 fully saturated rings. The molecule has 4 heterocycles. The van der Waals surface area contributed by atoms with Crippen molar-refractivity contribution in [3.8, 4) is 11.8 Å². The number of nitrogens with zero attached hydrogens (tertiary/aromatic N) is 5. The molecule has 4 aromatic rings. The summed E-state index contributed by atoms with van der Waals surface area (Å²) in [6, 6.07) is 3.38. The molecule has 33 heavy (non-hydrogen) atoms. The molecule has 3 unspecified atom stereocenters. The number of fused-ring (bicyclic) bond motifs is 4. The second-order valence-electron chi connectivity index (χ2n) is 8.94. The Morgan fingerprint density at radius 1 is 1.18 bits per heavy atom. The average molecular weight is 449 g/mol. The van der Waals surface area contributed by atoms with Crippen molar-refractivity contribution in [1.29, 1.82) is 0 Å². The first-order chi connectivity index (χ1) is 16.0. The van der Waals surface area contributed by atoms with Gasteiger partial charge in [-0.1, -0.05) is 0 Å². The molecule has 1 saturated heterocycles. The number of hydrogen-bond acceptors (Lipinski definition) is 8. The molecule has 2 aliphatic rings. The third-order valence-electron chi connectivity index (χ3n) is 6.93. The number of anilines is 2. The van der Waals surface area contributed by atoms with Gasteiger partial charge in [0.05, 0.1) is 29.0 Å². The van der Waals surface area contributed by atoms with Crippen LogP contribution in [0.3, 0.4) is 0 Å². The van der Waals surface area contributed by atoms with E-state index in [0.717, 1.165) is 48.0 Å². The van der Waals surface area contributed by atoms with Crippen molar-refractivity contribution in [3.63, 3.8) is 0 Å². The molecule has 10 heteroatoms. The minimum atomic E-state index is -0.323. The largest absolute Gasteiger partial charge is 0.421 e. The van der Waals surface area contributed by atoms with E-state index in [0.29, 0.717) is 34.7 Å². The number of hydrogen-bond donors (Lipinski definition) is 3. The van der Waals surface area contributed by atoms with Crippen molar-refractivity contribution in [2.75, 3.05) is 30.4 Å². The highest BCUT2D eigenvalue weighted by Crippen LogP contribution is 2.43. The van der Waals surface area contributed by atoms with E-state index in [1.54, 1.807) is 19.4 Å². The van der Waals surface area contributed by atoms with E-state index in [9.17, 15) is 4.39 Å². The highest BCUT2D eigenvalue weighted by Gasteiger charge is 2.42. The molecule has 0 spiro atoms. The zero-order valence-electron chi connectivity index (χ0n) is 18.5. The predicted molar refractivity (Wildman–Crippen MR) is 124 cm³/mol. The molecule has 9 nitrogen and oxygen atoms in total. The van der Waals surface area contributed by atoms with Crippen LogP contribution in [-0.2, 0) is 0 Å². The lowest BCUT2D eigenvalue weighted by atomic mass is 9.98. The zero-order chi connectivity index (χ0) is 22.7. The zero-order valence-corrected chi connectivity index (χ0v) is 18.5. The van der Waals surface area contributed by atoms with E-state index in [1.807, 2.05) is 6.92 Å². The van der Waals surface area contributed by atoms with Crippen LogP contribution in [0.2, 0.25) is 0 Å². The summed E-state index contributed by atoms with van der Waals surface area (Å²) in [6.45, 7) is 3.48. The van der Waals surface area contributed by atoms with E-state index in [2.05, 4.69) is 30.2 Å². The number of rotatable bonds is 4. The van der Waals surface area contributed by atoms with Gasteiger partial charge in [0.15, 0.2) is 5.75 Å². The molecule has 1 aliphatic heterocycles. The van der Waals surface area contributed by atoms with Gasteiger partial charge in [0, 0.05) is 31.6 Å². The number of H-pyrrole nitrogens is 1. The average Bonchev–Trinajstić information content (AvgIpc) is 3.48. The summed E-state index contributed by atoms with van der Waals surface area (Å²) < 4.78 is 20.4. The Kier molecular flexibility index (Phi) is 4.58. The number of ether oxygens (including phenoxy) is 1. The first-order valence-electron chi connectivity index (χ1n) is 11.2. The lowest BCUT2D eigenvalue weighted by Crippen LogP contribution is -2.30. The number of halogens is 1. The third kappa shape index (κ3) is 3.32. The van der Waals surface area contributed by atoms with Crippen LogP contribution >= 0.6 is 0 Å². The summed E-state index contributed by atoms with van der Waals surface area (Å²) in [5, 5.41) is 4.57. The molecule has 170 valence electrons. The van der Waals surface area contributed by atoms with Gasteiger partial charge in [-0.2, -0.15) is 9.97 Å². The maximum atomic E-state index is 14.5. The van der Waals surface area contributed by atoms with E-state index in [4.69, 9.17) is 15.5 Å². The van der Waals surface area contributed by atoms with Crippen LogP contribution in [0.1, 0.15) is 18.7 Å². The van der Waals surface area contributed by atoms with Crippen molar-refractivity contribution in [2.24, 2.45) is 17.6 Å². The fraction of sp³-hybridized carbons (Fsp3) is 0.391. The lowest BCUT2D eigenvalue weighted by Gasteiger charge is -2.21. The summed E-state index contributed by atoms with van der Waals surface area (Å²) in [5.41, 5.74) is 8.40. The summed E-state index contributed by atoms with van der Waals surface area (Å²) >= 11 is 0. The fourth-order valence-electron chi connectivity index (χ4n) is 5.32. The molecule has 6 rings (SSSR count). The van der Waals surface area contributed by atoms with Gasteiger partial charge >= 0.3 is 6.01 Å². The second-order valence-corrected chi connectivity index (χ2v) is 8.94. The van der Waals surface area contributed by atoms with Gasteiger partial charge in [0.2, 0.25) is 0 Å². The summed E-state index contributed by atoms with van der Waals surface area (Å²) in [5.74, 6) is 2.47. The number of aryl methyl sites for hydroxylation is 1. The summed E-state index contributed by atoms with van der Waals surface area (Å²) in [6.07, 6.45) is 5.37. The minimum Gasteiger partial charge on any atom is -0.421 e. The quantitative estimate of drug-likeness (QED) is 0.435. The number of aromatic nitrogens is 5. The molecule has 3 atom stereocenters. The Morgan fingerprint density at radius 3 is 2.76 bits per heavy atom. The molecule has 4 N–H and O–H groups in total. The van der Waals surface area contributed by atoms with Crippen LogP contribution in [0.4, 0.5) is 15.9 Å². The topological polar surface area (TPSA) is 118 Å². The van der Waals surface area contributed by atoms with Gasteiger partial charge in [0.25, 0.3) is 0 Å². The monoisotopic (exact) mass is 448 g/mol. The SMILES string of the molecule is CNc1cc(F)cc2c1[nH]c1nc(Oc3cnc(C)nc3)nc(N3CC4CCC(N)C4C3)c12. The number of nitrogens with one attached hydrogen (secondary N) is 2. The Hall–Kier alpha value is -3.53. The first-order valence-corrected chi connectivity index (χ1v) is 11.2. The van der Waals surface area contributed by atoms with E-state index in [-0.39, 0.29) is 17.9 Å². The maximum absolute atomic E-state index is 14.5. The second kappa shape index (κ2) is 7.51. The molecule has 1 aromatic carbocycles. The lowest BCUT2D eigenvalue weighted by molar-refractivity contribution is 0.439. The van der Waals surface area contributed by atoms with Crippen molar-refractivity contribution < 1.29 is 9.13 Å². The smallest absolute Gasteiger partial charge is 0.326 e. The molecular weight excluding hydrogens is 423 g/mol. The van der Waals surface area contributed by atoms with Crippen LogP contribution in [0.5, 0.6) is 11.8 Å². The van der Waals surface area contributed by atoms with Crippen molar-refractivity contribution in [3.05, 3.63) is 36.2 Å². The van der Waals surface area contributed by atoms with Crippen LogP contribution in [0.25, 0.3) is 21.9 Å². The highest BCUT2D eigenvalue weighted by atomic mass is 19.1. The van der Waals surface area contributed by atoms with E-state index in [1.165, 1.54) is 12.1 Å². The Morgan fingerprint density at radius 2 is 2.00 bits per heavy atom. The first kappa shape index (κ1) is 20.1. The van der Waals surface area contributed by atoms with Crippen LogP contribution in [0.15, 0.2) is 24.5 Å². The maximum Gasteiger partial charge on any atom is 0.326 e. The highest BCUT2D eigenvalue weighted by molar-refractivity contribution is 6.14. The molecule has 3 aromatic heterocycles. The number of aromatic amines is 1. The fourth-order valence-corrected chi connectivity index (χ4v) is 5.32. The van der Waals surface area contributed by atoms with Crippen molar-refractivity contribution in [1.82, 2.24) is 24.9 Å². The van der Waals surface area contributed by atoms with E-state index < -0.39 is 0 Å². The van der Waals surface area contributed by atoms with Gasteiger partial charge in [-0.3, -0.25) is 0 Å². The number of nitrogens with two attached hydrogens (primary N) is 1. The Bertz CT molecular complexity index is 1350. The molecular formula is C23H25FN8O. The Labute approximate surface area is 189 Å². The normalized spacial score (nSPS) is 22.3. The van der Waals surface area contributed by atoms with Gasteiger partial charge in [-0.15, -0.1) is 0 Å². The minimum absolute atomic E-state index is 0.185. The molecule has 1 saturated carbocycles. The standard InChI is InChI=1S/C23H25FN8O/c1-11-27-7-14(8-28-11)33-23-30-21-19(15-5-13(24)6-18(26-2)20(15)29-21)22(31-23)32-9-12-3-4-17(25)16(12)10-32/h5-8,12,16-17,26H,3-4,9-10,25H2,1-2H3,(H,29,30,31). The van der Waals surface area contributed by atoms with Gasteiger partial charge in [-0.25, -0.2) is 14.4 Å². The summed E-state index contributed by atoms with van der Waals surface area (Å²) in [4.78, 5) is 23.3. The van der Waals surface area contributed by atoms with Crippen molar-refractivity contribution in [2.45, 2.75) is 25.8 Å². The summed E-state index contributed by atoms with van der Waals surface area (Å²) in [7, 11) is 1.77. The van der Waals surface area contributed by atoms with Crippen LogP contribution in [0, 0.1) is 24.6 Å². The predicted octanol–water partition coefficient (Wildman–Crippen LogP) is 3.36. The third-order valence-corrected chi connectivity index (χ3v) is 6.93. The molecule has 0 radical (unpaired) electrons. The molecule has 1 aliphatic carbocycles.